The fraction of sp³-hybridized carbons (Fsp3) is 0.348. The molecule has 10 heteroatoms. The maximum atomic E-state index is 14.8. The molecule has 2 fully saturated rings. The molecular formula is C23H24F2N4O4. The molecule has 2 aromatic rings. The summed E-state index contributed by atoms with van der Waals surface area (Å²) >= 11 is 0. The Morgan fingerprint density at radius 2 is 1.61 bits per heavy atom. The molecule has 8 nitrogen and oxygen atoms in total. The van der Waals surface area contributed by atoms with Crippen LogP contribution in [-0.4, -0.2) is 60.6 Å². The number of urea groups is 1. The topological polar surface area (TPSA) is 82.2 Å². The number of amides is 4. The highest BCUT2D eigenvalue weighted by molar-refractivity contribution is 5.96. The van der Waals surface area contributed by atoms with Crippen LogP contribution in [0.5, 0.6) is 0 Å². The number of hydrogen-bond donors (Lipinski definition) is 1. The molecular weight excluding hydrogens is 434 g/mol. The molecule has 0 aliphatic carbocycles. The van der Waals surface area contributed by atoms with Crippen LogP contribution in [-0.2, 0) is 22.7 Å². The SMILES string of the molecule is O=C1CCN(Cc2cc(F)c(N3CCN(C(=O)OCc4ccccc4)CC3)c(F)c2)C(=O)N1. The number of hydrogen-bond acceptors (Lipinski definition) is 5. The lowest BCUT2D eigenvalue weighted by Crippen LogP contribution is -2.49. The van der Waals surface area contributed by atoms with Crippen molar-refractivity contribution in [2.24, 2.45) is 0 Å². The van der Waals surface area contributed by atoms with Crippen molar-refractivity contribution in [1.82, 2.24) is 15.1 Å². The minimum absolute atomic E-state index is 0.00569. The van der Waals surface area contributed by atoms with Crippen LogP contribution in [0.2, 0.25) is 0 Å². The number of benzene rings is 2. The van der Waals surface area contributed by atoms with Gasteiger partial charge in [-0.15, -0.1) is 0 Å². The number of ether oxygens (including phenoxy) is 1. The standard InChI is InChI=1S/C23H24F2N4O4/c24-18-12-17(14-29-7-6-20(30)26-22(29)31)13-19(25)21(18)27-8-10-28(11-9-27)23(32)33-15-16-4-2-1-3-5-16/h1-5,12-13H,6-11,14-15H2,(H,26,30,31). The highest BCUT2D eigenvalue weighted by Gasteiger charge is 2.27. The third-order valence-electron chi connectivity index (χ3n) is 5.65. The fourth-order valence-corrected chi connectivity index (χ4v) is 3.90. The Hall–Kier alpha value is -3.69. The maximum Gasteiger partial charge on any atom is 0.410 e. The van der Waals surface area contributed by atoms with Gasteiger partial charge in [-0.25, -0.2) is 18.4 Å². The molecule has 4 amide bonds. The van der Waals surface area contributed by atoms with Gasteiger partial charge in [0.2, 0.25) is 5.91 Å². The Balaban J connectivity index is 1.33. The molecule has 1 N–H and O–H groups in total. The number of halogens is 2. The lowest BCUT2D eigenvalue weighted by atomic mass is 10.1. The van der Waals surface area contributed by atoms with Gasteiger partial charge in [-0.1, -0.05) is 30.3 Å². The molecule has 2 heterocycles. The second-order valence-corrected chi connectivity index (χ2v) is 7.95. The van der Waals surface area contributed by atoms with Gasteiger partial charge in [0.05, 0.1) is 0 Å². The smallest absolute Gasteiger partial charge is 0.410 e. The second-order valence-electron chi connectivity index (χ2n) is 7.95. The first-order valence-electron chi connectivity index (χ1n) is 10.7. The van der Waals surface area contributed by atoms with Gasteiger partial charge >= 0.3 is 12.1 Å². The van der Waals surface area contributed by atoms with Crippen LogP contribution in [0.15, 0.2) is 42.5 Å². The van der Waals surface area contributed by atoms with Crippen molar-refractivity contribution >= 4 is 23.7 Å². The van der Waals surface area contributed by atoms with E-state index in [4.69, 9.17) is 4.74 Å². The van der Waals surface area contributed by atoms with Gasteiger partial charge in [-0.2, -0.15) is 0 Å². The predicted octanol–water partition coefficient (Wildman–Crippen LogP) is 2.87. The summed E-state index contributed by atoms with van der Waals surface area (Å²) < 4.78 is 34.9. The van der Waals surface area contributed by atoms with Gasteiger partial charge in [-0.05, 0) is 23.3 Å². The summed E-state index contributed by atoms with van der Waals surface area (Å²) in [6.07, 6.45) is -0.319. The van der Waals surface area contributed by atoms with Crippen LogP contribution < -0.4 is 10.2 Å². The Morgan fingerprint density at radius 3 is 2.24 bits per heavy atom. The summed E-state index contributed by atoms with van der Waals surface area (Å²) in [5, 5.41) is 2.18. The molecule has 174 valence electrons. The molecule has 0 unspecified atom stereocenters. The molecule has 2 aliphatic rings. The first kappa shape index (κ1) is 22.5. The predicted molar refractivity (Wildman–Crippen MR) is 115 cm³/mol. The van der Waals surface area contributed by atoms with Crippen molar-refractivity contribution in [3.05, 3.63) is 65.2 Å². The average Bonchev–Trinajstić information content (AvgIpc) is 2.80. The number of piperazine rings is 1. The first-order chi connectivity index (χ1) is 15.9. The molecule has 0 aromatic heterocycles. The molecule has 2 aromatic carbocycles. The number of rotatable bonds is 5. The summed E-state index contributed by atoms with van der Waals surface area (Å²) in [7, 11) is 0. The summed E-state index contributed by atoms with van der Waals surface area (Å²) in [5.41, 5.74) is 1.01. The summed E-state index contributed by atoms with van der Waals surface area (Å²) in [6, 6.07) is 11.1. The van der Waals surface area contributed by atoms with Gasteiger partial charge in [0.1, 0.15) is 23.9 Å². The van der Waals surface area contributed by atoms with Crippen LogP contribution in [0.3, 0.4) is 0 Å². The number of anilines is 1. The van der Waals surface area contributed by atoms with E-state index in [1.165, 1.54) is 21.9 Å². The molecule has 0 spiro atoms. The van der Waals surface area contributed by atoms with Crippen LogP contribution in [0.4, 0.5) is 24.1 Å². The Bertz CT molecular complexity index is 1020. The monoisotopic (exact) mass is 458 g/mol. The summed E-state index contributed by atoms with van der Waals surface area (Å²) in [5.74, 6) is -1.84. The van der Waals surface area contributed by atoms with Crippen molar-refractivity contribution in [2.45, 2.75) is 19.6 Å². The van der Waals surface area contributed by atoms with Crippen molar-refractivity contribution in [3.8, 4) is 0 Å². The van der Waals surface area contributed by atoms with Gasteiger partial charge in [0, 0.05) is 45.7 Å². The number of nitrogens with zero attached hydrogens (tertiary/aromatic N) is 3. The van der Waals surface area contributed by atoms with Gasteiger partial charge < -0.3 is 19.4 Å². The molecule has 2 aliphatic heterocycles. The van der Waals surface area contributed by atoms with Gasteiger partial charge in [0.15, 0.2) is 0 Å². The Labute approximate surface area is 189 Å². The van der Waals surface area contributed by atoms with E-state index in [9.17, 15) is 23.2 Å². The van der Waals surface area contributed by atoms with Crippen molar-refractivity contribution in [2.75, 3.05) is 37.6 Å². The van der Waals surface area contributed by atoms with E-state index in [0.29, 0.717) is 5.56 Å². The molecule has 0 saturated carbocycles. The minimum Gasteiger partial charge on any atom is -0.445 e. The maximum absolute atomic E-state index is 14.8. The van der Waals surface area contributed by atoms with E-state index in [1.54, 1.807) is 4.90 Å². The molecule has 4 rings (SSSR count). The summed E-state index contributed by atoms with van der Waals surface area (Å²) in [6.45, 7) is 1.40. The van der Waals surface area contributed by atoms with Crippen LogP contribution in [0.1, 0.15) is 17.5 Å². The molecule has 0 radical (unpaired) electrons. The fourth-order valence-electron chi connectivity index (χ4n) is 3.90. The van der Waals surface area contributed by atoms with Gasteiger partial charge in [-0.3, -0.25) is 10.1 Å². The van der Waals surface area contributed by atoms with Crippen molar-refractivity contribution < 1.29 is 27.9 Å². The van der Waals surface area contributed by atoms with Crippen molar-refractivity contribution in [1.29, 1.82) is 0 Å². The number of imide groups is 1. The summed E-state index contributed by atoms with van der Waals surface area (Å²) in [4.78, 5) is 39.8. The van der Waals surface area contributed by atoms with E-state index in [1.807, 2.05) is 30.3 Å². The third-order valence-corrected chi connectivity index (χ3v) is 5.65. The second kappa shape index (κ2) is 9.85. The van der Waals surface area contributed by atoms with Crippen LogP contribution >= 0.6 is 0 Å². The molecule has 0 atom stereocenters. The number of carbonyl (C=O) groups excluding carboxylic acids is 3. The zero-order valence-corrected chi connectivity index (χ0v) is 17.9. The zero-order chi connectivity index (χ0) is 23.4. The van der Waals surface area contributed by atoms with E-state index in [-0.39, 0.29) is 63.9 Å². The third kappa shape index (κ3) is 5.39. The van der Waals surface area contributed by atoms with Crippen LogP contribution in [0.25, 0.3) is 0 Å². The number of nitrogens with one attached hydrogen (secondary N) is 1. The quantitative estimate of drug-likeness (QED) is 0.745. The molecule has 0 bridgehead atoms. The first-order valence-corrected chi connectivity index (χ1v) is 10.7. The molecule has 2 saturated heterocycles. The van der Waals surface area contributed by atoms with E-state index >= 15 is 0 Å². The molecule has 33 heavy (non-hydrogen) atoms. The lowest BCUT2D eigenvalue weighted by Gasteiger charge is -2.36. The highest BCUT2D eigenvalue weighted by Crippen LogP contribution is 2.27. The van der Waals surface area contributed by atoms with Crippen molar-refractivity contribution in [3.63, 3.8) is 0 Å². The number of carbonyl (C=O) groups is 3. The minimum atomic E-state index is -0.737. The van der Waals surface area contributed by atoms with E-state index < -0.39 is 23.8 Å². The van der Waals surface area contributed by atoms with Gasteiger partial charge in [0.25, 0.3) is 0 Å². The average molecular weight is 458 g/mol. The van der Waals surface area contributed by atoms with E-state index in [2.05, 4.69) is 5.32 Å². The Kier molecular flexibility index (Phi) is 6.71. The lowest BCUT2D eigenvalue weighted by molar-refractivity contribution is -0.121. The zero-order valence-electron chi connectivity index (χ0n) is 17.9. The Morgan fingerprint density at radius 1 is 0.939 bits per heavy atom. The van der Waals surface area contributed by atoms with Crippen LogP contribution in [0, 0.1) is 11.6 Å². The highest BCUT2D eigenvalue weighted by atomic mass is 19.1. The van der Waals surface area contributed by atoms with E-state index in [0.717, 1.165) is 5.56 Å². The largest absolute Gasteiger partial charge is 0.445 e. The normalized spacial score (nSPS) is 16.6.